The van der Waals surface area contributed by atoms with Crippen LogP contribution in [0.2, 0.25) is 0 Å². The number of nitrogens with zero attached hydrogens (tertiary/aromatic N) is 1. The van der Waals surface area contributed by atoms with Crippen LogP contribution in [0.15, 0.2) is 23.6 Å². The first kappa shape index (κ1) is 18.6. The lowest BCUT2D eigenvalue weighted by Gasteiger charge is -2.34. The molecule has 0 aliphatic heterocycles. The number of nitrogens with one attached hydrogen (secondary N) is 1. The largest absolute Gasteiger partial charge is 0.321 e. The molecule has 1 unspecified atom stereocenters. The predicted octanol–water partition coefficient (Wildman–Crippen LogP) is 5.37. The van der Waals surface area contributed by atoms with Gasteiger partial charge in [-0.1, -0.05) is 26.8 Å². The fourth-order valence-corrected chi connectivity index (χ4v) is 4.65. The van der Waals surface area contributed by atoms with Crippen LogP contribution in [0.4, 0.5) is 11.4 Å². The minimum absolute atomic E-state index is 0.0220. The summed E-state index contributed by atoms with van der Waals surface area (Å²) in [6.45, 7) is 8.65. The highest BCUT2D eigenvalue weighted by Gasteiger charge is 2.31. The molecule has 1 aliphatic rings. The van der Waals surface area contributed by atoms with Gasteiger partial charge in [-0.15, -0.1) is 11.3 Å². The maximum absolute atomic E-state index is 12.8. The maximum Gasteiger partial charge on any atom is 0.271 e. The Hall–Kier alpha value is -2.21. The molecule has 1 amide bonds. The summed E-state index contributed by atoms with van der Waals surface area (Å²) in [5, 5.41) is 15.8. The lowest BCUT2D eigenvalue weighted by Crippen LogP contribution is -2.27. The number of nitro benzene ring substituents is 1. The van der Waals surface area contributed by atoms with Crippen molar-refractivity contribution in [3.05, 3.63) is 55.3 Å². The van der Waals surface area contributed by atoms with Crippen molar-refractivity contribution in [3.63, 3.8) is 0 Å². The minimum atomic E-state index is -0.450. The van der Waals surface area contributed by atoms with Crippen LogP contribution in [0.3, 0.4) is 0 Å². The van der Waals surface area contributed by atoms with Crippen molar-refractivity contribution in [1.29, 1.82) is 0 Å². The maximum atomic E-state index is 12.8. The molecule has 0 saturated carbocycles. The number of amides is 1. The lowest BCUT2D eigenvalue weighted by molar-refractivity contribution is -0.384. The van der Waals surface area contributed by atoms with Crippen molar-refractivity contribution in [3.8, 4) is 0 Å². The highest BCUT2D eigenvalue weighted by Crippen LogP contribution is 2.40. The normalized spacial score (nSPS) is 16.8. The van der Waals surface area contributed by atoms with Gasteiger partial charge in [0.2, 0.25) is 0 Å². The molecule has 138 valence electrons. The number of hydrogen-bond donors (Lipinski definition) is 1. The minimum Gasteiger partial charge on any atom is -0.321 e. The van der Waals surface area contributed by atoms with E-state index in [0.29, 0.717) is 17.2 Å². The Balaban J connectivity index is 1.82. The molecular formula is C20H24N2O3S. The summed E-state index contributed by atoms with van der Waals surface area (Å²) < 4.78 is 0. The van der Waals surface area contributed by atoms with Crippen molar-refractivity contribution in [2.45, 2.75) is 47.0 Å². The Bertz CT molecular complexity index is 864. The zero-order chi connectivity index (χ0) is 19.1. The van der Waals surface area contributed by atoms with E-state index in [4.69, 9.17) is 0 Å². The zero-order valence-corrected chi connectivity index (χ0v) is 16.4. The molecule has 1 N–H and O–H groups in total. The monoisotopic (exact) mass is 372 g/mol. The number of anilines is 1. The smallest absolute Gasteiger partial charge is 0.271 e. The molecule has 1 aromatic carbocycles. The third-order valence-corrected chi connectivity index (χ3v) is 6.36. The van der Waals surface area contributed by atoms with Crippen molar-refractivity contribution in [1.82, 2.24) is 0 Å². The van der Waals surface area contributed by atoms with Crippen LogP contribution in [0, 0.1) is 28.4 Å². The molecule has 1 aliphatic carbocycles. The number of rotatable bonds is 3. The first-order valence-corrected chi connectivity index (χ1v) is 9.70. The van der Waals surface area contributed by atoms with Crippen molar-refractivity contribution >= 4 is 28.6 Å². The Morgan fingerprint density at radius 2 is 2.08 bits per heavy atom. The second kappa shape index (κ2) is 6.83. The molecule has 0 fully saturated rings. The summed E-state index contributed by atoms with van der Waals surface area (Å²) in [7, 11) is 0. The molecule has 1 heterocycles. The van der Waals surface area contributed by atoms with E-state index in [2.05, 4.69) is 26.1 Å². The fraction of sp³-hybridized carbons (Fsp3) is 0.450. The summed E-state index contributed by atoms with van der Waals surface area (Å²) in [6.07, 6.45) is 3.02. The molecule has 6 heteroatoms. The summed E-state index contributed by atoms with van der Waals surface area (Å²) >= 11 is 1.65. The SMILES string of the molecule is Cc1ccc([N+](=O)[O-])cc1NC(=O)c1csc2c1CCC(C(C)(C)C)C2. The van der Waals surface area contributed by atoms with Gasteiger partial charge in [0.25, 0.3) is 11.6 Å². The van der Waals surface area contributed by atoms with E-state index in [9.17, 15) is 14.9 Å². The highest BCUT2D eigenvalue weighted by atomic mass is 32.1. The van der Waals surface area contributed by atoms with Gasteiger partial charge in [0.05, 0.1) is 16.2 Å². The van der Waals surface area contributed by atoms with Crippen LogP contribution in [0.5, 0.6) is 0 Å². The molecular weight excluding hydrogens is 348 g/mol. The summed E-state index contributed by atoms with van der Waals surface area (Å²) in [6, 6.07) is 4.52. The number of hydrogen-bond acceptors (Lipinski definition) is 4. The number of thiophene rings is 1. The van der Waals surface area contributed by atoms with Gasteiger partial charge in [-0.05, 0) is 48.6 Å². The molecule has 0 radical (unpaired) electrons. The zero-order valence-electron chi connectivity index (χ0n) is 15.6. The molecule has 0 spiro atoms. The van der Waals surface area contributed by atoms with Crippen LogP contribution < -0.4 is 5.32 Å². The van der Waals surface area contributed by atoms with Gasteiger partial charge in [0, 0.05) is 22.4 Å². The number of non-ortho nitro benzene ring substituents is 1. The number of carbonyl (C=O) groups excluding carboxylic acids is 1. The summed E-state index contributed by atoms with van der Waals surface area (Å²) in [5.41, 5.74) is 3.41. The van der Waals surface area contributed by atoms with Gasteiger partial charge >= 0.3 is 0 Å². The standard InChI is InChI=1S/C20H24N2O3S/c1-12-5-7-14(22(24)25)10-17(12)21-19(23)16-11-26-18-9-13(20(2,3)4)6-8-15(16)18/h5,7,10-11,13H,6,8-9H2,1-4H3,(H,21,23). The Kier molecular flexibility index (Phi) is 4.88. The summed E-state index contributed by atoms with van der Waals surface area (Å²) in [5.74, 6) is 0.448. The summed E-state index contributed by atoms with van der Waals surface area (Å²) in [4.78, 5) is 24.6. The fourth-order valence-electron chi connectivity index (χ4n) is 3.49. The molecule has 26 heavy (non-hydrogen) atoms. The van der Waals surface area contributed by atoms with Crippen LogP contribution in [0.25, 0.3) is 0 Å². The Morgan fingerprint density at radius 1 is 1.35 bits per heavy atom. The third-order valence-electron chi connectivity index (χ3n) is 5.30. The van der Waals surface area contributed by atoms with E-state index in [1.807, 2.05) is 12.3 Å². The van der Waals surface area contributed by atoms with E-state index in [-0.39, 0.29) is 17.0 Å². The number of nitro groups is 1. The Morgan fingerprint density at radius 3 is 2.73 bits per heavy atom. The van der Waals surface area contributed by atoms with Gasteiger partial charge in [-0.3, -0.25) is 14.9 Å². The van der Waals surface area contributed by atoms with Gasteiger partial charge in [0.15, 0.2) is 0 Å². The Labute approximate surface area is 157 Å². The molecule has 0 saturated heterocycles. The van der Waals surface area contributed by atoms with Gasteiger partial charge in [-0.25, -0.2) is 0 Å². The van der Waals surface area contributed by atoms with Gasteiger partial charge in [-0.2, -0.15) is 0 Å². The van der Waals surface area contributed by atoms with Crippen LogP contribution in [-0.4, -0.2) is 10.8 Å². The van der Waals surface area contributed by atoms with E-state index in [1.165, 1.54) is 17.0 Å². The van der Waals surface area contributed by atoms with Gasteiger partial charge in [0.1, 0.15) is 0 Å². The topological polar surface area (TPSA) is 72.2 Å². The first-order valence-electron chi connectivity index (χ1n) is 8.82. The second-order valence-corrected chi connectivity index (χ2v) is 9.03. The van der Waals surface area contributed by atoms with Crippen LogP contribution >= 0.6 is 11.3 Å². The highest BCUT2D eigenvalue weighted by molar-refractivity contribution is 7.10. The van der Waals surface area contributed by atoms with Crippen LogP contribution in [0.1, 0.15) is 53.6 Å². The average molecular weight is 372 g/mol. The lowest BCUT2D eigenvalue weighted by atomic mass is 9.72. The number of aryl methyl sites for hydroxylation is 1. The molecule has 3 rings (SSSR count). The van der Waals surface area contributed by atoms with E-state index < -0.39 is 4.92 Å². The number of fused-ring (bicyclic) bond motifs is 1. The third kappa shape index (κ3) is 3.65. The van der Waals surface area contributed by atoms with Crippen LogP contribution in [-0.2, 0) is 12.8 Å². The van der Waals surface area contributed by atoms with Gasteiger partial charge < -0.3 is 5.32 Å². The van der Waals surface area contributed by atoms with E-state index in [1.54, 1.807) is 17.4 Å². The number of carbonyl (C=O) groups is 1. The van der Waals surface area contributed by atoms with Crippen molar-refractivity contribution in [2.24, 2.45) is 11.3 Å². The predicted molar refractivity (Wildman–Crippen MR) is 105 cm³/mol. The quantitative estimate of drug-likeness (QED) is 0.581. The first-order chi connectivity index (χ1) is 12.2. The molecule has 0 bridgehead atoms. The number of benzene rings is 1. The molecule has 2 aromatic rings. The van der Waals surface area contributed by atoms with Crippen molar-refractivity contribution < 1.29 is 9.72 Å². The second-order valence-electron chi connectivity index (χ2n) is 8.07. The van der Waals surface area contributed by atoms with Crippen molar-refractivity contribution in [2.75, 3.05) is 5.32 Å². The van der Waals surface area contributed by atoms with E-state index >= 15 is 0 Å². The molecule has 1 aromatic heterocycles. The molecule has 5 nitrogen and oxygen atoms in total. The molecule has 1 atom stereocenters. The average Bonchev–Trinajstić information content (AvgIpc) is 2.99. The van der Waals surface area contributed by atoms with E-state index in [0.717, 1.165) is 30.4 Å².